The standard InChI is InChI=1S/C43H29FO9/c1-6-37(45)50-27-26-35-34(24-14-28-10-16-30(17-11-28)31-18-22-33(23-19-31)52-39(47)8-3)41(44)43(49-5)36(42(35)53-40(48)9-4)25-15-29-12-20-32(21-13-29)51-38(46)7-2/h6-13,15-23,25H,1-4H2,5H3. The van der Waals surface area contributed by atoms with E-state index in [0.29, 0.717) is 16.9 Å². The Balaban J connectivity index is 1.81. The van der Waals surface area contributed by atoms with E-state index in [0.717, 1.165) is 35.4 Å². The molecule has 0 saturated carbocycles. The third kappa shape index (κ3) is 10.2. The molecule has 9 nitrogen and oxygen atoms in total. The maximum absolute atomic E-state index is 16.4. The van der Waals surface area contributed by atoms with E-state index in [2.05, 4.69) is 50.2 Å². The van der Waals surface area contributed by atoms with Crippen LogP contribution in [-0.2, 0) is 23.9 Å². The Bertz CT molecular complexity index is 2260. The zero-order valence-corrected chi connectivity index (χ0v) is 28.3. The number of carbonyl (C=O) groups is 4. The number of halogens is 1. The number of hydrogen-bond donors (Lipinski definition) is 0. The number of benzene rings is 4. The second-order valence-electron chi connectivity index (χ2n) is 10.3. The first kappa shape index (κ1) is 38.1. The van der Waals surface area contributed by atoms with E-state index < -0.39 is 29.7 Å². The Labute approximate surface area is 304 Å². The molecule has 0 spiro atoms. The Morgan fingerprint density at radius 2 is 1.09 bits per heavy atom. The van der Waals surface area contributed by atoms with Crippen LogP contribution in [0.25, 0.3) is 23.3 Å². The van der Waals surface area contributed by atoms with Crippen LogP contribution in [0.15, 0.2) is 123 Å². The highest BCUT2D eigenvalue weighted by Crippen LogP contribution is 2.39. The largest absolute Gasteiger partial charge is 0.493 e. The van der Waals surface area contributed by atoms with Gasteiger partial charge in [-0.1, -0.05) is 80.6 Å². The van der Waals surface area contributed by atoms with Crippen molar-refractivity contribution < 1.29 is 47.3 Å². The quantitative estimate of drug-likeness (QED) is 0.0518. The maximum Gasteiger partial charge on any atom is 0.344 e. The van der Waals surface area contributed by atoms with Gasteiger partial charge in [0, 0.05) is 29.9 Å². The van der Waals surface area contributed by atoms with Crippen LogP contribution in [0.2, 0.25) is 0 Å². The lowest BCUT2D eigenvalue weighted by Crippen LogP contribution is -2.10. The molecule has 0 aliphatic rings. The number of methoxy groups -OCH3 is 1. The first-order valence-electron chi connectivity index (χ1n) is 15.4. The van der Waals surface area contributed by atoms with Gasteiger partial charge in [0.25, 0.3) is 0 Å². The normalized spacial score (nSPS) is 9.92. The van der Waals surface area contributed by atoms with Crippen molar-refractivity contribution in [3.05, 3.63) is 157 Å². The lowest BCUT2D eigenvalue weighted by atomic mass is 9.98. The molecule has 0 atom stereocenters. The second kappa shape index (κ2) is 18.3. The van der Waals surface area contributed by atoms with Crippen molar-refractivity contribution in [3.8, 4) is 58.0 Å². The van der Waals surface area contributed by atoms with Crippen LogP contribution in [0.1, 0.15) is 27.8 Å². The van der Waals surface area contributed by atoms with Crippen molar-refractivity contribution in [2.24, 2.45) is 0 Å². The monoisotopic (exact) mass is 708 g/mol. The summed E-state index contributed by atoms with van der Waals surface area (Å²) < 4.78 is 42.5. The molecule has 0 amide bonds. The van der Waals surface area contributed by atoms with Gasteiger partial charge in [0.05, 0.1) is 23.8 Å². The highest BCUT2D eigenvalue weighted by molar-refractivity contribution is 5.88. The van der Waals surface area contributed by atoms with Crippen LogP contribution >= 0.6 is 0 Å². The topological polar surface area (TPSA) is 114 Å². The first-order valence-corrected chi connectivity index (χ1v) is 15.4. The molecule has 0 saturated heterocycles. The molecule has 53 heavy (non-hydrogen) atoms. The highest BCUT2D eigenvalue weighted by Gasteiger charge is 2.25. The van der Waals surface area contributed by atoms with Crippen LogP contribution in [0.5, 0.6) is 23.0 Å². The van der Waals surface area contributed by atoms with Crippen LogP contribution in [0.4, 0.5) is 4.39 Å². The third-order valence-corrected chi connectivity index (χ3v) is 6.95. The summed E-state index contributed by atoms with van der Waals surface area (Å²) in [5, 5.41) is 0. The molecule has 0 aliphatic heterocycles. The van der Waals surface area contributed by atoms with Gasteiger partial charge in [-0.25, -0.2) is 23.6 Å². The molecule has 0 aromatic heterocycles. The SMILES string of the molecule is C=CC(=O)OC#Cc1c(C#Cc2ccc(-c3ccc(OC(=O)C=C)cc3)cc2)c(F)c(OC)c(C=Cc2ccc(OC(=O)C=C)cc2)c1OC(=O)C=C. The molecule has 262 valence electrons. The summed E-state index contributed by atoms with van der Waals surface area (Å²) in [5.74, 6) is 4.30. The van der Waals surface area contributed by atoms with Crippen molar-refractivity contribution in [2.45, 2.75) is 0 Å². The van der Waals surface area contributed by atoms with E-state index in [-0.39, 0.29) is 33.9 Å². The van der Waals surface area contributed by atoms with Crippen LogP contribution < -0.4 is 18.9 Å². The van der Waals surface area contributed by atoms with E-state index >= 15 is 4.39 Å². The molecule has 4 rings (SSSR count). The minimum atomic E-state index is -0.946. The Morgan fingerprint density at radius 1 is 0.585 bits per heavy atom. The zero-order valence-electron chi connectivity index (χ0n) is 28.3. The average Bonchev–Trinajstić information content (AvgIpc) is 3.18. The molecular formula is C43H29FO9. The molecule has 0 bridgehead atoms. The van der Waals surface area contributed by atoms with Gasteiger partial charge in [-0.15, -0.1) is 0 Å². The fourth-order valence-electron chi connectivity index (χ4n) is 4.44. The van der Waals surface area contributed by atoms with Gasteiger partial charge in [-0.05, 0) is 65.1 Å². The molecule has 0 N–H and O–H groups in total. The summed E-state index contributed by atoms with van der Waals surface area (Å²) in [6, 6.07) is 20.2. The smallest absolute Gasteiger partial charge is 0.344 e. The Hall–Kier alpha value is -7.69. The number of carbonyl (C=O) groups excluding carboxylic acids is 4. The summed E-state index contributed by atoms with van der Waals surface area (Å²) in [5.41, 5.74) is 2.12. The van der Waals surface area contributed by atoms with Crippen molar-refractivity contribution in [3.63, 3.8) is 0 Å². The van der Waals surface area contributed by atoms with Crippen LogP contribution in [0, 0.1) is 29.7 Å². The van der Waals surface area contributed by atoms with Crippen LogP contribution in [0.3, 0.4) is 0 Å². The molecule has 4 aromatic carbocycles. The van der Waals surface area contributed by atoms with Crippen LogP contribution in [-0.4, -0.2) is 31.0 Å². The fourth-order valence-corrected chi connectivity index (χ4v) is 4.44. The van der Waals surface area contributed by atoms with E-state index in [1.807, 2.05) is 0 Å². The first-order chi connectivity index (χ1) is 25.6. The fraction of sp³-hybridized carbons (Fsp3) is 0.0233. The maximum atomic E-state index is 16.4. The lowest BCUT2D eigenvalue weighted by Gasteiger charge is -2.16. The number of rotatable bonds is 11. The van der Waals surface area contributed by atoms with Crippen molar-refractivity contribution >= 4 is 36.0 Å². The minimum Gasteiger partial charge on any atom is -0.493 e. The zero-order chi connectivity index (χ0) is 38.3. The summed E-state index contributed by atoms with van der Waals surface area (Å²) >= 11 is 0. The van der Waals surface area contributed by atoms with Gasteiger partial charge >= 0.3 is 23.9 Å². The van der Waals surface area contributed by atoms with Gasteiger partial charge in [0.1, 0.15) is 17.6 Å². The van der Waals surface area contributed by atoms with Gasteiger partial charge in [0.15, 0.2) is 17.3 Å². The second-order valence-corrected chi connectivity index (χ2v) is 10.3. The molecule has 10 heteroatoms. The molecule has 4 aromatic rings. The predicted molar refractivity (Wildman–Crippen MR) is 197 cm³/mol. The molecular weight excluding hydrogens is 679 g/mol. The number of esters is 4. The summed E-state index contributed by atoms with van der Waals surface area (Å²) in [6.45, 7) is 13.5. The van der Waals surface area contributed by atoms with Gasteiger partial charge in [-0.2, -0.15) is 0 Å². The highest BCUT2D eigenvalue weighted by atomic mass is 19.1. The average molecular weight is 709 g/mol. The third-order valence-electron chi connectivity index (χ3n) is 6.95. The molecule has 0 heterocycles. The summed E-state index contributed by atoms with van der Waals surface area (Å²) in [6.07, 6.45) is 9.05. The molecule has 0 radical (unpaired) electrons. The summed E-state index contributed by atoms with van der Waals surface area (Å²) in [7, 11) is 1.22. The van der Waals surface area contributed by atoms with Gasteiger partial charge in [0.2, 0.25) is 0 Å². The van der Waals surface area contributed by atoms with Crippen molar-refractivity contribution in [1.82, 2.24) is 0 Å². The number of hydrogen-bond acceptors (Lipinski definition) is 9. The Morgan fingerprint density at radius 3 is 1.62 bits per heavy atom. The predicted octanol–water partition coefficient (Wildman–Crippen LogP) is 7.38. The van der Waals surface area contributed by atoms with Crippen molar-refractivity contribution in [2.75, 3.05) is 7.11 Å². The summed E-state index contributed by atoms with van der Waals surface area (Å²) in [4.78, 5) is 47.4. The van der Waals surface area contributed by atoms with E-state index in [1.54, 1.807) is 66.7 Å². The minimum absolute atomic E-state index is 0.0399. The van der Waals surface area contributed by atoms with Gasteiger partial charge in [-0.3, -0.25) is 0 Å². The van der Waals surface area contributed by atoms with E-state index in [9.17, 15) is 19.2 Å². The number of ether oxygens (including phenoxy) is 5. The lowest BCUT2D eigenvalue weighted by molar-refractivity contribution is -0.131. The molecule has 0 aliphatic carbocycles. The van der Waals surface area contributed by atoms with E-state index in [1.165, 1.54) is 25.3 Å². The molecule has 0 fully saturated rings. The van der Waals surface area contributed by atoms with Gasteiger partial charge < -0.3 is 23.7 Å². The van der Waals surface area contributed by atoms with Crippen molar-refractivity contribution in [1.29, 1.82) is 0 Å². The Kier molecular flexibility index (Phi) is 13.2. The molecule has 0 unspecified atom stereocenters. The van der Waals surface area contributed by atoms with E-state index in [4.69, 9.17) is 23.7 Å².